The minimum Gasteiger partial charge on any atom is -0.384 e. The van der Waals surface area contributed by atoms with E-state index in [1.165, 1.54) is 56.3 Å². The summed E-state index contributed by atoms with van der Waals surface area (Å²) in [5, 5.41) is 12.0. The van der Waals surface area contributed by atoms with Gasteiger partial charge in [0.15, 0.2) is 0 Å². The number of likely N-dealkylation sites (tertiary alicyclic amines) is 4. The Morgan fingerprint density at radius 3 is 0.878 bits per heavy atom. The first-order valence-corrected chi connectivity index (χ1v) is 48.6. The van der Waals surface area contributed by atoms with Crippen molar-refractivity contribution < 1.29 is 66.3 Å². The third-order valence-corrected chi connectivity index (χ3v) is 27.4. The van der Waals surface area contributed by atoms with Crippen molar-refractivity contribution in [3.63, 3.8) is 0 Å². The quantitative estimate of drug-likeness (QED) is 0.0211. The lowest BCUT2D eigenvalue weighted by Gasteiger charge is -2.45. The number of halogens is 4. The molecule has 12 N–H and O–H groups in total. The highest BCUT2D eigenvalue weighted by Crippen LogP contribution is 2.41. The molecule has 0 unspecified atom stereocenters. The lowest BCUT2D eigenvalue weighted by atomic mass is 9.81. The lowest BCUT2D eigenvalue weighted by Crippen LogP contribution is -2.70. The molecular formula is C104H120Cl2F2N28O12. The summed E-state index contributed by atoms with van der Waals surface area (Å²) in [6.45, 7) is 15.2. The predicted octanol–water partition coefficient (Wildman–Crippen LogP) is 12.0. The van der Waals surface area contributed by atoms with Crippen molar-refractivity contribution in [3.05, 3.63) is 284 Å². The first-order valence-electron chi connectivity index (χ1n) is 47.9. The number of nitrogen functional groups attached to an aromatic ring is 4. The summed E-state index contributed by atoms with van der Waals surface area (Å²) in [7, 11) is 13.3. The number of nitrogens with one attached hydrogen (secondary N) is 4. The fourth-order valence-electron chi connectivity index (χ4n) is 18.7. The summed E-state index contributed by atoms with van der Waals surface area (Å²) in [5.41, 5.74) is 32.8. The number of amides is 16. The molecule has 16 rings (SSSR count). The van der Waals surface area contributed by atoms with Crippen LogP contribution in [0.2, 0.25) is 10.0 Å². The van der Waals surface area contributed by atoms with Gasteiger partial charge in [0.25, 0.3) is 23.6 Å². The molecular weight excluding hydrogens is 1940 g/mol. The molecule has 0 bridgehead atoms. The minimum absolute atomic E-state index is 0.0772. The summed E-state index contributed by atoms with van der Waals surface area (Å²) in [6.07, 6.45) is 22.3. The second-order valence-corrected chi connectivity index (χ2v) is 37.7. The van der Waals surface area contributed by atoms with E-state index in [1.54, 1.807) is 204 Å². The molecule has 16 amide bonds. The van der Waals surface area contributed by atoms with Gasteiger partial charge in [-0.25, -0.2) is 67.8 Å². The van der Waals surface area contributed by atoms with Crippen LogP contribution in [-0.4, -0.2) is 201 Å². The summed E-state index contributed by atoms with van der Waals surface area (Å²) < 4.78 is 34.1. The molecule has 44 heteroatoms. The highest BCUT2D eigenvalue weighted by molar-refractivity contribution is 6.31. The van der Waals surface area contributed by atoms with E-state index in [-0.39, 0.29) is 48.4 Å². The molecule has 148 heavy (non-hydrogen) atoms. The molecule has 0 saturated carbocycles. The predicted molar refractivity (Wildman–Crippen MR) is 553 cm³/mol. The van der Waals surface area contributed by atoms with Gasteiger partial charge in [-0.1, -0.05) is 105 Å². The zero-order valence-electron chi connectivity index (χ0n) is 84.7. The fourth-order valence-corrected chi connectivity index (χ4v) is 19.3. The fraction of sp³-hybridized carbons (Fsp3) is 0.346. The SMILES string of the molecule is CC[C@@H](NC(=O)N1C(=O)[C@H](Cc2ccnc(N)c2)[C@H]1C(=O)N(C)c1nccn1C)c1ccc(C)cc1C.CC[C@@H](NC(=O)N1C(=O)[C@H](Cc2ccnc(N)c2)[C@H]1C(=O)N(C)c1nccn1C)c1ccc(C)cc1Cl.CC[C@@H](NC(=O)N1C(=O)[C@H](Cc2ccnc(N)c2)[C@H]1C(=O)N(C)c1nccn1C)c1ccc(F)c(C)c1.CC[C@@H](NC(=O)N1C(=O)[C@H](Cc2ccnc(N)c2)[C@H]1C(=O)N(C)c1nccn1C)c1ccc(F)c(Cl)c1. The topological polar surface area (TPSA) is 506 Å². The summed E-state index contributed by atoms with van der Waals surface area (Å²) in [5.74, 6) is -4.69. The first-order chi connectivity index (χ1) is 70.5. The van der Waals surface area contributed by atoms with Gasteiger partial charge in [0.2, 0.25) is 47.4 Å². The number of imidazole rings is 4. The number of likely N-dealkylation sites (N-methyl/N-ethyl adjacent to an activating group) is 4. The second kappa shape index (κ2) is 47.2. The van der Waals surface area contributed by atoms with Gasteiger partial charge in [-0.15, -0.1) is 0 Å². The number of imide groups is 4. The number of hydrogen-bond acceptors (Lipinski definition) is 24. The van der Waals surface area contributed by atoms with Crippen LogP contribution in [0.4, 0.5) is 75.0 Å². The Balaban J connectivity index is 0.000000165. The van der Waals surface area contributed by atoms with Crippen LogP contribution in [0.1, 0.15) is 144 Å². The average molecular weight is 2060 g/mol. The number of rotatable bonds is 28. The molecule has 0 aliphatic carbocycles. The van der Waals surface area contributed by atoms with Crippen LogP contribution in [0.3, 0.4) is 0 Å². The van der Waals surface area contributed by atoms with E-state index in [4.69, 9.17) is 46.1 Å². The van der Waals surface area contributed by atoms with E-state index in [0.29, 0.717) is 88.6 Å². The highest BCUT2D eigenvalue weighted by atomic mass is 35.5. The number of aromatic nitrogens is 12. The van der Waals surface area contributed by atoms with Crippen LogP contribution in [0.5, 0.6) is 0 Å². The van der Waals surface area contributed by atoms with E-state index in [2.05, 4.69) is 67.2 Å². The van der Waals surface area contributed by atoms with Crippen molar-refractivity contribution in [3.8, 4) is 0 Å². The van der Waals surface area contributed by atoms with Crippen molar-refractivity contribution >= 4 is 142 Å². The number of carbonyl (C=O) groups is 12. The number of nitrogens with two attached hydrogens (primary N) is 4. The van der Waals surface area contributed by atoms with Gasteiger partial charge in [-0.3, -0.25) is 77.6 Å². The maximum atomic E-state index is 13.8. The molecule has 776 valence electrons. The van der Waals surface area contributed by atoms with Gasteiger partial charge < -0.3 is 62.5 Å². The largest absolute Gasteiger partial charge is 0.384 e. The van der Waals surface area contributed by atoms with E-state index in [1.807, 2.05) is 78.8 Å². The van der Waals surface area contributed by atoms with Gasteiger partial charge in [0.05, 0.1) is 52.9 Å². The molecule has 4 fully saturated rings. The van der Waals surface area contributed by atoms with Crippen molar-refractivity contribution in [2.24, 2.45) is 51.9 Å². The Bertz CT molecular complexity index is 6590. The Labute approximate surface area is 864 Å². The smallest absolute Gasteiger partial charge is 0.325 e. The number of anilines is 8. The minimum atomic E-state index is -1.07. The van der Waals surface area contributed by atoms with E-state index in [0.717, 1.165) is 69.7 Å². The maximum absolute atomic E-state index is 13.8. The molecule has 0 spiro atoms. The molecule has 4 aliphatic heterocycles. The normalized spacial score (nSPS) is 17.8. The molecule has 40 nitrogen and oxygen atoms in total. The molecule has 12 heterocycles. The number of hydrogen-bond donors (Lipinski definition) is 8. The van der Waals surface area contributed by atoms with Crippen molar-refractivity contribution in [2.45, 2.75) is 155 Å². The molecule has 4 aliphatic rings. The molecule has 12 aromatic rings. The van der Waals surface area contributed by atoms with Crippen LogP contribution in [0, 0.1) is 63.0 Å². The van der Waals surface area contributed by atoms with Gasteiger partial charge >= 0.3 is 24.1 Å². The van der Waals surface area contributed by atoms with Crippen molar-refractivity contribution in [1.29, 1.82) is 0 Å². The second-order valence-electron chi connectivity index (χ2n) is 36.9. The lowest BCUT2D eigenvalue weighted by molar-refractivity contribution is -0.156. The zero-order chi connectivity index (χ0) is 107. The number of aryl methyl sites for hydroxylation is 8. The monoisotopic (exact) mass is 2060 g/mol. The van der Waals surface area contributed by atoms with Crippen molar-refractivity contribution in [1.82, 2.24) is 99.0 Å². The van der Waals surface area contributed by atoms with Crippen LogP contribution in [0.15, 0.2) is 196 Å². The molecule has 12 atom stereocenters. The van der Waals surface area contributed by atoms with E-state index >= 15 is 0 Å². The Hall–Kier alpha value is -16.4. The first kappa shape index (κ1) is 109. The zero-order valence-corrected chi connectivity index (χ0v) is 86.2. The van der Waals surface area contributed by atoms with Gasteiger partial charge in [-0.05, 0) is 213 Å². The number of urea groups is 4. The summed E-state index contributed by atoms with van der Waals surface area (Å²) in [4.78, 5) is 203. The standard InChI is InChI=1S/C27H33N7O3.C26H30ClN7O3.C26H30FN7O3.C25H27ClFN7O3/c1-6-21(19-8-7-16(2)13-17(19)3)31-27(37)34-23(25(36)33(5)26-30-11-12-32(26)4)20(24(34)35)14-18-9-10-29-22(28)15-18;1-5-20(17-7-6-15(2)12-19(17)27)31-26(37)34-22(24(36)33(4)25-30-10-11-32(25)3)18(23(34)35)13-16-8-9-29-21(28)14-16;1-5-20(17-6-7-19(27)15(2)12-17)31-26(37)34-22(24(36)33(4)25-30-10-11-32(25)3)18(23(34)35)13-16-8-9-29-21(28)14-16;1-4-19(15-5-6-18(27)17(26)13-15)31-25(37)34-21(23(36)33(3)24-30-9-10-32(24)2)16(22(34)35)11-14-7-8-29-20(28)12-14/h7-13,15,20-21,23H,6,14H2,1-5H3,(H2,28,29)(H,31,37);2*6-12,14,18,20,22H,5,13H2,1-4H3,(H2,28,29)(H,31,37);5-10,12-13,16,19,21H,4,11H2,1-3H3,(H2,28,29)(H,31,37)/t20-,21-,23+;2*18-,20-,22+;16-,19-,21+/m1111/s1. The number of carbonyl (C=O) groups excluding carboxylic acids is 12. The third-order valence-electron chi connectivity index (χ3n) is 26.7. The van der Waals surface area contributed by atoms with Crippen LogP contribution in [0.25, 0.3) is 0 Å². The third kappa shape index (κ3) is 23.9. The highest BCUT2D eigenvalue weighted by Gasteiger charge is 2.60. The number of benzene rings is 4. The number of β-lactam (4-membered cyclic amide) rings is 4. The van der Waals surface area contributed by atoms with E-state index < -0.39 is 143 Å². The van der Waals surface area contributed by atoms with Gasteiger partial charge in [-0.2, -0.15) is 0 Å². The Morgan fingerprint density at radius 2 is 0.615 bits per heavy atom. The van der Waals surface area contributed by atoms with Gasteiger partial charge in [0.1, 0.15) is 59.1 Å². The number of nitrogens with zero attached hydrogens (tertiary/aromatic N) is 20. The molecule has 4 saturated heterocycles. The van der Waals surface area contributed by atoms with Crippen LogP contribution in [-0.2, 0) is 92.2 Å². The van der Waals surface area contributed by atoms with Crippen LogP contribution < -0.4 is 63.8 Å². The molecule has 0 radical (unpaired) electrons. The summed E-state index contributed by atoms with van der Waals surface area (Å²) in [6, 6.07) is 25.4. The van der Waals surface area contributed by atoms with Crippen LogP contribution >= 0.6 is 23.2 Å². The summed E-state index contributed by atoms with van der Waals surface area (Å²) >= 11 is 12.4. The van der Waals surface area contributed by atoms with Gasteiger partial charge in [0, 0.05) is 136 Å². The Morgan fingerprint density at radius 1 is 0.338 bits per heavy atom. The van der Waals surface area contributed by atoms with E-state index in [9.17, 15) is 66.3 Å². The van der Waals surface area contributed by atoms with Crippen molar-refractivity contribution in [2.75, 3.05) is 70.7 Å². The average Bonchev–Trinajstić information content (AvgIpc) is 1.03. The number of pyridine rings is 4. The molecule has 8 aromatic heterocycles. The molecule has 4 aromatic carbocycles. The maximum Gasteiger partial charge on any atom is 0.325 e. The Kier molecular flexibility index (Phi) is 34.7.